The average molecular weight is 292 g/mol. The second-order valence-corrected chi connectivity index (χ2v) is 6.75. The fourth-order valence-corrected chi connectivity index (χ4v) is 4.07. The number of hydrogen-bond donors (Lipinski definition) is 0. The van der Waals surface area contributed by atoms with E-state index in [9.17, 15) is 10.1 Å². The molecule has 1 aliphatic carbocycles. The first-order valence-electron chi connectivity index (χ1n) is 8.00. The van der Waals surface area contributed by atoms with Gasteiger partial charge < -0.3 is 14.4 Å². The quantitative estimate of drug-likeness (QED) is 0.779. The highest BCUT2D eigenvalue weighted by Gasteiger charge is 2.48. The molecule has 2 heterocycles. The summed E-state index contributed by atoms with van der Waals surface area (Å²) in [7, 11) is 1.72. The van der Waals surface area contributed by atoms with Gasteiger partial charge in [0.2, 0.25) is 5.91 Å². The molecule has 5 nitrogen and oxygen atoms in total. The van der Waals surface area contributed by atoms with E-state index < -0.39 is 5.41 Å². The third kappa shape index (κ3) is 2.56. The van der Waals surface area contributed by atoms with Crippen LogP contribution in [0.5, 0.6) is 0 Å². The maximum Gasteiger partial charge on any atom is 0.243 e. The van der Waals surface area contributed by atoms with Gasteiger partial charge in [0.05, 0.1) is 24.4 Å². The lowest BCUT2D eigenvalue weighted by Gasteiger charge is -2.40. The SMILES string of the molecule is COC1COC2(CCN(C(=O)C3(C#N)CCCC3)CC2)C1. The van der Waals surface area contributed by atoms with Crippen LogP contribution in [0.2, 0.25) is 0 Å². The van der Waals surface area contributed by atoms with Crippen molar-refractivity contribution in [2.75, 3.05) is 26.8 Å². The second kappa shape index (κ2) is 5.58. The first kappa shape index (κ1) is 14.8. The number of rotatable bonds is 2. The van der Waals surface area contributed by atoms with Crippen molar-refractivity contribution in [1.29, 1.82) is 5.26 Å². The van der Waals surface area contributed by atoms with Crippen LogP contribution in [0.25, 0.3) is 0 Å². The highest BCUT2D eigenvalue weighted by molar-refractivity contribution is 5.86. The molecule has 0 radical (unpaired) electrons. The number of amides is 1. The monoisotopic (exact) mass is 292 g/mol. The predicted molar refractivity (Wildman–Crippen MR) is 76.4 cm³/mol. The molecule has 0 aromatic heterocycles. The van der Waals surface area contributed by atoms with Gasteiger partial charge in [0.15, 0.2) is 0 Å². The summed E-state index contributed by atoms with van der Waals surface area (Å²) in [5.41, 5.74) is -0.844. The van der Waals surface area contributed by atoms with Crippen molar-refractivity contribution < 1.29 is 14.3 Å². The number of carbonyl (C=O) groups excluding carboxylic acids is 1. The lowest BCUT2D eigenvalue weighted by atomic mass is 9.83. The van der Waals surface area contributed by atoms with Crippen LogP contribution in [0.1, 0.15) is 44.9 Å². The smallest absolute Gasteiger partial charge is 0.243 e. The molecule has 2 saturated heterocycles. The Balaban J connectivity index is 1.61. The Morgan fingerprint density at radius 2 is 1.95 bits per heavy atom. The number of piperidine rings is 1. The number of hydrogen-bond acceptors (Lipinski definition) is 4. The summed E-state index contributed by atoms with van der Waals surface area (Å²) in [6.07, 6.45) is 6.28. The molecule has 116 valence electrons. The van der Waals surface area contributed by atoms with Crippen LogP contribution in [0.15, 0.2) is 0 Å². The lowest BCUT2D eigenvalue weighted by molar-refractivity contribution is -0.143. The zero-order chi connectivity index (χ0) is 14.9. The van der Waals surface area contributed by atoms with E-state index in [2.05, 4.69) is 6.07 Å². The largest absolute Gasteiger partial charge is 0.379 e. The van der Waals surface area contributed by atoms with E-state index in [1.807, 2.05) is 4.90 Å². The maximum absolute atomic E-state index is 12.7. The van der Waals surface area contributed by atoms with Crippen LogP contribution in [0.3, 0.4) is 0 Å². The molecule has 5 heteroatoms. The van der Waals surface area contributed by atoms with E-state index in [0.717, 1.165) is 44.9 Å². The summed E-state index contributed by atoms with van der Waals surface area (Å²) in [6.45, 7) is 2.07. The van der Waals surface area contributed by atoms with E-state index >= 15 is 0 Å². The third-order valence-corrected chi connectivity index (χ3v) is 5.55. The molecule has 2 aliphatic heterocycles. The highest BCUT2D eigenvalue weighted by atomic mass is 16.6. The minimum absolute atomic E-state index is 0.0543. The Bertz CT molecular complexity index is 443. The molecule has 21 heavy (non-hydrogen) atoms. The molecule has 1 atom stereocenters. The number of nitrogens with zero attached hydrogens (tertiary/aromatic N) is 2. The van der Waals surface area contributed by atoms with Gasteiger partial charge in [0.1, 0.15) is 5.41 Å². The lowest BCUT2D eigenvalue weighted by Crippen LogP contribution is -2.50. The fourth-order valence-electron chi connectivity index (χ4n) is 4.07. The normalized spacial score (nSPS) is 30.5. The molecule has 1 unspecified atom stereocenters. The molecule has 3 aliphatic rings. The van der Waals surface area contributed by atoms with Crippen molar-refractivity contribution in [2.24, 2.45) is 5.41 Å². The summed E-state index contributed by atoms with van der Waals surface area (Å²) in [5.74, 6) is 0.0543. The molecule has 1 amide bonds. The molecule has 0 N–H and O–H groups in total. The minimum atomic E-state index is -0.740. The maximum atomic E-state index is 12.7. The minimum Gasteiger partial charge on any atom is -0.379 e. The Labute approximate surface area is 126 Å². The number of carbonyl (C=O) groups is 1. The van der Waals surface area contributed by atoms with Gasteiger partial charge >= 0.3 is 0 Å². The molecule has 1 spiro atoms. The summed E-state index contributed by atoms with van der Waals surface area (Å²) in [6, 6.07) is 2.31. The zero-order valence-electron chi connectivity index (χ0n) is 12.8. The number of ether oxygens (including phenoxy) is 2. The predicted octanol–water partition coefficient (Wildman–Crippen LogP) is 1.87. The number of likely N-dealkylation sites (tertiary alicyclic amines) is 1. The van der Waals surface area contributed by atoms with Crippen LogP contribution < -0.4 is 0 Å². The van der Waals surface area contributed by atoms with Gasteiger partial charge in [0, 0.05) is 26.6 Å². The zero-order valence-corrected chi connectivity index (χ0v) is 12.8. The first-order chi connectivity index (χ1) is 10.1. The topological polar surface area (TPSA) is 62.6 Å². The van der Waals surface area contributed by atoms with Crippen molar-refractivity contribution in [1.82, 2.24) is 4.90 Å². The van der Waals surface area contributed by atoms with Crippen LogP contribution in [-0.2, 0) is 14.3 Å². The summed E-state index contributed by atoms with van der Waals surface area (Å²) < 4.78 is 11.3. The van der Waals surface area contributed by atoms with E-state index in [0.29, 0.717) is 19.7 Å². The highest BCUT2D eigenvalue weighted by Crippen LogP contribution is 2.42. The Hall–Kier alpha value is -1.12. The molecule has 0 bridgehead atoms. The third-order valence-electron chi connectivity index (χ3n) is 5.55. The van der Waals surface area contributed by atoms with Crippen molar-refractivity contribution in [3.63, 3.8) is 0 Å². The van der Waals surface area contributed by atoms with Crippen LogP contribution in [0, 0.1) is 16.7 Å². The van der Waals surface area contributed by atoms with Crippen molar-refractivity contribution >= 4 is 5.91 Å². The average Bonchev–Trinajstić information content (AvgIpc) is 3.15. The van der Waals surface area contributed by atoms with Crippen LogP contribution in [-0.4, -0.2) is 49.3 Å². The van der Waals surface area contributed by atoms with Gasteiger partial charge in [0.25, 0.3) is 0 Å². The molecular formula is C16H24N2O3. The van der Waals surface area contributed by atoms with E-state index in [4.69, 9.17) is 9.47 Å². The molecule has 1 saturated carbocycles. The van der Waals surface area contributed by atoms with E-state index in [-0.39, 0.29) is 17.6 Å². The summed E-state index contributed by atoms with van der Waals surface area (Å²) >= 11 is 0. The Kier molecular flexibility index (Phi) is 3.94. The second-order valence-electron chi connectivity index (χ2n) is 6.75. The van der Waals surface area contributed by atoms with Gasteiger partial charge in [-0.05, 0) is 25.7 Å². The van der Waals surface area contributed by atoms with E-state index in [1.165, 1.54) is 0 Å². The van der Waals surface area contributed by atoms with Crippen molar-refractivity contribution in [3.05, 3.63) is 0 Å². The number of methoxy groups -OCH3 is 1. The van der Waals surface area contributed by atoms with Crippen molar-refractivity contribution in [3.8, 4) is 6.07 Å². The van der Waals surface area contributed by atoms with Gasteiger partial charge in [-0.3, -0.25) is 4.79 Å². The fraction of sp³-hybridized carbons (Fsp3) is 0.875. The Morgan fingerprint density at radius 3 is 2.48 bits per heavy atom. The standard InChI is InChI=1S/C16H24N2O3/c1-20-13-10-16(21-11-13)6-8-18(9-7-16)14(19)15(12-17)4-2-3-5-15/h13H,2-11H2,1H3. The molecule has 0 aromatic carbocycles. The van der Waals surface area contributed by atoms with Crippen LogP contribution in [0.4, 0.5) is 0 Å². The Morgan fingerprint density at radius 1 is 1.29 bits per heavy atom. The van der Waals surface area contributed by atoms with Gasteiger partial charge in [-0.25, -0.2) is 0 Å². The molecular weight excluding hydrogens is 268 g/mol. The molecule has 3 rings (SSSR count). The first-order valence-corrected chi connectivity index (χ1v) is 8.00. The number of nitriles is 1. The van der Waals surface area contributed by atoms with Gasteiger partial charge in [-0.2, -0.15) is 5.26 Å². The van der Waals surface area contributed by atoms with Crippen LogP contribution >= 0.6 is 0 Å². The van der Waals surface area contributed by atoms with Gasteiger partial charge in [-0.1, -0.05) is 12.8 Å². The summed E-state index contributed by atoms with van der Waals surface area (Å²) in [4.78, 5) is 14.6. The van der Waals surface area contributed by atoms with Crippen molar-refractivity contribution in [2.45, 2.75) is 56.7 Å². The van der Waals surface area contributed by atoms with Gasteiger partial charge in [-0.15, -0.1) is 0 Å². The molecule has 3 fully saturated rings. The molecule has 0 aromatic rings. The van der Waals surface area contributed by atoms with E-state index in [1.54, 1.807) is 7.11 Å². The summed E-state index contributed by atoms with van der Waals surface area (Å²) in [5, 5.41) is 9.45.